The van der Waals surface area contributed by atoms with Crippen LogP contribution >= 0.6 is 0 Å². The lowest BCUT2D eigenvalue weighted by Gasteiger charge is -2.01. The molecule has 58 valence electrons. The molecule has 0 aromatic rings. The zero-order valence-electron chi connectivity index (χ0n) is 6.74. The molecule has 0 atom stereocenters. The van der Waals surface area contributed by atoms with Crippen molar-refractivity contribution in [3.63, 3.8) is 0 Å². The minimum absolute atomic E-state index is 0.254. The van der Waals surface area contributed by atoms with Crippen LogP contribution in [0.15, 0.2) is 12.3 Å². The van der Waals surface area contributed by atoms with Crippen LogP contribution in [0.5, 0.6) is 0 Å². The standard InChI is InChI=1S/C8H15NO/c1-7(9-3)5-4-6-8(2)10/h9H,1,4-6H2,2-3H3. The van der Waals surface area contributed by atoms with Gasteiger partial charge in [0.15, 0.2) is 0 Å². The average Bonchev–Trinajstić information content (AvgIpc) is 1.87. The summed E-state index contributed by atoms with van der Waals surface area (Å²) in [6.45, 7) is 5.36. The number of Topliss-reactive ketones (excluding diaryl/α,β-unsaturated/α-hetero) is 1. The van der Waals surface area contributed by atoms with Gasteiger partial charge in [-0.25, -0.2) is 0 Å². The van der Waals surface area contributed by atoms with Crippen molar-refractivity contribution in [2.24, 2.45) is 0 Å². The zero-order valence-corrected chi connectivity index (χ0v) is 6.74. The van der Waals surface area contributed by atoms with E-state index in [0.717, 1.165) is 18.5 Å². The van der Waals surface area contributed by atoms with Crippen LogP contribution in [0.25, 0.3) is 0 Å². The van der Waals surface area contributed by atoms with Gasteiger partial charge in [0.25, 0.3) is 0 Å². The van der Waals surface area contributed by atoms with Crippen LogP contribution in [0.3, 0.4) is 0 Å². The smallest absolute Gasteiger partial charge is 0.129 e. The van der Waals surface area contributed by atoms with E-state index in [9.17, 15) is 4.79 Å². The summed E-state index contributed by atoms with van der Waals surface area (Å²) in [4.78, 5) is 10.5. The lowest BCUT2D eigenvalue weighted by atomic mass is 10.1. The van der Waals surface area contributed by atoms with E-state index in [1.807, 2.05) is 7.05 Å². The summed E-state index contributed by atoms with van der Waals surface area (Å²) in [6.07, 6.45) is 2.48. The van der Waals surface area contributed by atoms with Gasteiger partial charge in [0.1, 0.15) is 5.78 Å². The largest absolute Gasteiger partial charge is 0.392 e. The Labute approximate surface area is 62.3 Å². The number of hydrogen-bond acceptors (Lipinski definition) is 2. The Hall–Kier alpha value is -0.790. The first-order valence-corrected chi connectivity index (χ1v) is 3.51. The molecule has 0 bridgehead atoms. The Morgan fingerprint density at radius 1 is 1.50 bits per heavy atom. The molecule has 0 rings (SSSR count). The number of carbonyl (C=O) groups excluding carboxylic acids is 1. The number of allylic oxidation sites excluding steroid dienone is 1. The van der Waals surface area contributed by atoms with E-state index >= 15 is 0 Å². The van der Waals surface area contributed by atoms with Crippen molar-refractivity contribution < 1.29 is 4.79 Å². The second kappa shape index (κ2) is 5.03. The van der Waals surface area contributed by atoms with E-state index in [-0.39, 0.29) is 5.78 Å². The third kappa shape index (κ3) is 5.35. The van der Waals surface area contributed by atoms with Gasteiger partial charge in [-0.2, -0.15) is 0 Å². The lowest BCUT2D eigenvalue weighted by molar-refractivity contribution is -0.117. The number of nitrogens with one attached hydrogen (secondary N) is 1. The van der Waals surface area contributed by atoms with Crippen LogP contribution < -0.4 is 5.32 Å². The lowest BCUT2D eigenvalue weighted by Crippen LogP contribution is -2.04. The van der Waals surface area contributed by atoms with E-state index in [1.54, 1.807) is 6.92 Å². The molecule has 1 N–H and O–H groups in total. The maximum Gasteiger partial charge on any atom is 0.129 e. The zero-order chi connectivity index (χ0) is 7.98. The monoisotopic (exact) mass is 141 g/mol. The van der Waals surface area contributed by atoms with Gasteiger partial charge in [0, 0.05) is 19.2 Å². The average molecular weight is 141 g/mol. The predicted molar refractivity (Wildman–Crippen MR) is 42.7 cm³/mol. The summed E-state index contributed by atoms with van der Waals surface area (Å²) in [5.74, 6) is 0.254. The van der Waals surface area contributed by atoms with Crippen LogP contribution in [0, 0.1) is 0 Å². The Morgan fingerprint density at radius 3 is 2.50 bits per heavy atom. The van der Waals surface area contributed by atoms with Gasteiger partial charge >= 0.3 is 0 Å². The minimum atomic E-state index is 0.254. The molecule has 0 amide bonds. The van der Waals surface area contributed by atoms with Gasteiger partial charge in [-0.1, -0.05) is 6.58 Å². The van der Waals surface area contributed by atoms with Gasteiger partial charge in [-0.15, -0.1) is 0 Å². The Kier molecular flexibility index (Phi) is 4.63. The van der Waals surface area contributed by atoms with Crippen molar-refractivity contribution in [3.05, 3.63) is 12.3 Å². The van der Waals surface area contributed by atoms with Crippen molar-refractivity contribution in [2.45, 2.75) is 26.2 Å². The molecule has 0 unspecified atom stereocenters. The minimum Gasteiger partial charge on any atom is -0.392 e. The molecule has 0 fully saturated rings. The van der Waals surface area contributed by atoms with Gasteiger partial charge in [-0.3, -0.25) is 0 Å². The van der Waals surface area contributed by atoms with E-state index in [0.29, 0.717) is 6.42 Å². The number of carbonyl (C=O) groups is 1. The van der Waals surface area contributed by atoms with E-state index < -0.39 is 0 Å². The van der Waals surface area contributed by atoms with Gasteiger partial charge in [0.05, 0.1) is 0 Å². The topological polar surface area (TPSA) is 29.1 Å². The highest BCUT2D eigenvalue weighted by Crippen LogP contribution is 2.01. The van der Waals surface area contributed by atoms with Crippen molar-refractivity contribution in [3.8, 4) is 0 Å². The predicted octanol–water partition coefficient (Wildman–Crippen LogP) is 1.48. The second-order valence-corrected chi connectivity index (χ2v) is 2.41. The first-order valence-electron chi connectivity index (χ1n) is 3.51. The van der Waals surface area contributed by atoms with Gasteiger partial charge in [0.2, 0.25) is 0 Å². The maximum absolute atomic E-state index is 10.5. The summed E-state index contributed by atoms with van der Waals surface area (Å²) in [5, 5.41) is 2.93. The Morgan fingerprint density at radius 2 is 2.10 bits per heavy atom. The highest BCUT2D eigenvalue weighted by atomic mass is 16.1. The molecule has 2 heteroatoms. The number of hydrogen-bond donors (Lipinski definition) is 1. The summed E-state index contributed by atoms with van der Waals surface area (Å²) < 4.78 is 0. The first kappa shape index (κ1) is 9.21. The Balaban J connectivity index is 3.20. The highest BCUT2D eigenvalue weighted by molar-refractivity contribution is 5.75. The van der Waals surface area contributed by atoms with E-state index in [2.05, 4.69) is 11.9 Å². The highest BCUT2D eigenvalue weighted by Gasteiger charge is 1.93. The molecule has 0 aliphatic carbocycles. The fourth-order valence-electron chi connectivity index (χ4n) is 0.676. The molecule has 0 aliphatic heterocycles. The van der Waals surface area contributed by atoms with Crippen molar-refractivity contribution in [1.82, 2.24) is 5.32 Å². The molecule has 0 heterocycles. The molecular formula is C8H15NO. The SMILES string of the molecule is C=C(CCCC(C)=O)NC. The molecular weight excluding hydrogens is 126 g/mol. The molecule has 0 radical (unpaired) electrons. The first-order chi connectivity index (χ1) is 4.66. The van der Waals surface area contributed by atoms with Gasteiger partial charge in [-0.05, 0) is 19.8 Å². The maximum atomic E-state index is 10.5. The fraction of sp³-hybridized carbons (Fsp3) is 0.625. The molecule has 0 aromatic carbocycles. The van der Waals surface area contributed by atoms with Crippen LogP contribution in [0.1, 0.15) is 26.2 Å². The molecule has 0 aromatic heterocycles. The third-order valence-electron chi connectivity index (χ3n) is 1.36. The number of ketones is 1. The van der Waals surface area contributed by atoms with Crippen LogP contribution in [0.2, 0.25) is 0 Å². The van der Waals surface area contributed by atoms with Crippen molar-refractivity contribution in [1.29, 1.82) is 0 Å². The molecule has 0 spiro atoms. The van der Waals surface area contributed by atoms with Crippen molar-refractivity contribution in [2.75, 3.05) is 7.05 Å². The molecule has 10 heavy (non-hydrogen) atoms. The summed E-state index contributed by atoms with van der Waals surface area (Å²) >= 11 is 0. The van der Waals surface area contributed by atoms with E-state index in [1.165, 1.54) is 0 Å². The quantitative estimate of drug-likeness (QED) is 0.628. The summed E-state index contributed by atoms with van der Waals surface area (Å²) in [6, 6.07) is 0. The molecule has 0 aliphatic rings. The van der Waals surface area contributed by atoms with Crippen molar-refractivity contribution >= 4 is 5.78 Å². The second-order valence-electron chi connectivity index (χ2n) is 2.41. The molecule has 0 saturated carbocycles. The van der Waals surface area contributed by atoms with Crippen LogP contribution in [-0.4, -0.2) is 12.8 Å². The molecule has 0 saturated heterocycles. The third-order valence-corrected chi connectivity index (χ3v) is 1.36. The Bertz CT molecular complexity index is 129. The summed E-state index contributed by atoms with van der Waals surface area (Å²) in [5.41, 5.74) is 1.00. The van der Waals surface area contributed by atoms with Gasteiger partial charge < -0.3 is 10.1 Å². The molecule has 2 nitrogen and oxygen atoms in total. The van der Waals surface area contributed by atoms with E-state index in [4.69, 9.17) is 0 Å². The normalized spacial score (nSPS) is 9.00. The number of rotatable bonds is 5. The van der Waals surface area contributed by atoms with Crippen LogP contribution in [-0.2, 0) is 4.79 Å². The van der Waals surface area contributed by atoms with Crippen LogP contribution in [0.4, 0.5) is 0 Å². The summed E-state index contributed by atoms with van der Waals surface area (Å²) in [7, 11) is 1.84. The fourth-order valence-corrected chi connectivity index (χ4v) is 0.676.